The summed E-state index contributed by atoms with van der Waals surface area (Å²) in [5.41, 5.74) is 4.02. The lowest BCUT2D eigenvalue weighted by Crippen LogP contribution is -2.93. The van der Waals surface area contributed by atoms with Crippen LogP contribution < -0.4 is 21.5 Å². The molecule has 1 atom stereocenters. The molecule has 1 aromatic rings. The number of quaternary nitrogens is 2. The van der Waals surface area contributed by atoms with Crippen molar-refractivity contribution in [2.45, 2.75) is 18.9 Å². The Balaban J connectivity index is 2.61. The van der Waals surface area contributed by atoms with Crippen LogP contribution in [0.25, 0.3) is 0 Å². The van der Waals surface area contributed by atoms with Gasteiger partial charge >= 0.3 is 0 Å². The maximum atomic E-state index is 11.9. The Morgan fingerprint density at radius 2 is 2.10 bits per heavy atom. The number of hydrogen-bond donors (Lipinski definition) is 3. The van der Waals surface area contributed by atoms with Crippen molar-refractivity contribution in [1.29, 1.82) is 0 Å². The second-order valence-corrected chi connectivity index (χ2v) is 5.30. The first-order chi connectivity index (χ1) is 9.95. The van der Waals surface area contributed by atoms with Crippen molar-refractivity contribution < 1.29 is 25.7 Å². The van der Waals surface area contributed by atoms with Crippen molar-refractivity contribution >= 4 is 40.8 Å². The van der Waals surface area contributed by atoms with Gasteiger partial charge in [0.05, 0.1) is 41.2 Å². The number of carboxylic acid groups (broad SMARTS) is 1. The molecule has 0 saturated carbocycles. The zero-order chi connectivity index (χ0) is 15.8. The summed E-state index contributed by atoms with van der Waals surface area (Å²) in [7, 11) is 0. The Labute approximate surface area is 132 Å². The number of carbonyl (C=O) groups excluding carboxylic acids is 2. The van der Waals surface area contributed by atoms with Crippen molar-refractivity contribution in [3.63, 3.8) is 0 Å². The maximum absolute atomic E-state index is 11.9. The standard InChI is InChI=1S/C13H17Cl2N3O3/c14-8-3-1-4-9(12(8)15)18-11(19)7-10(13(20)21)17-6-2-5-16/h1,3-4,10,17H,2,5-7,16H2,(H,18,19)(H,20,21)/p+1/t10-/m0/s1. The number of carbonyl (C=O) groups is 2. The number of halogens is 2. The van der Waals surface area contributed by atoms with Crippen LogP contribution in [0.4, 0.5) is 5.69 Å². The van der Waals surface area contributed by atoms with Crippen LogP contribution in [0.15, 0.2) is 18.2 Å². The van der Waals surface area contributed by atoms with E-state index < -0.39 is 17.9 Å². The van der Waals surface area contributed by atoms with E-state index in [-0.39, 0.29) is 11.4 Å². The van der Waals surface area contributed by atoms with Crippen molar-refractivity contribution in [2.24, 2.45) is 0 Å². The molecule has 21 heavy (non-hydrogen) atoms. The highest BCUT2D eigenvalue weighted by atomic mass is 35.5. The van der Waals surface area contributed by atoms with Gasteiger partial charge in [-0.15, -0.1) is 0 Å². The predicted molar refractivity (Wildman–Crippen MR) is 77.7 cm³/mol. The Kier molecular flexibility index (Phi) is 7.45. The van der Waals surface area contributed by atoms with E-state index in [0.717, 1.165) is 6.42 Å². The molecule has 0 unspecified atom stereocenters. The van der Waals surface area contributed by atoms with Crippen molar-refractivity contribution in [2.75, 3.05) is 18.4 Å². The van der Waals surface area contributed by atoms with E-state index in [2.05, 4.69) is 11.1 Å². The number of nitrogens with two attached hydrogens (primary N) is 1. The number of nitrogens with one attached hydrogen (secondary N) is 1. The van der Waals surface area contributed by atoms with E-state index in [1.54, 1.807) is 23.5 Å². The molecule has 0 bridgehead atoms. The molecule has 0 saturated heterocycles. The van der Waals surface area contributed by atoms with Gasteiger partial charge in [-0.3, -0.25) is 4.79 Å². The zero-order valence-corrected chi connectivity index (χ0v) is 12.9. The first-order valence-electron chi connectivity index (χ1n) is 6.53. The van der Waals surface area contributed by atoms with Crippen LogP contribution in [0.5, 0.6) is 0 Å². The monoisotopic (exact) mass is 334 g/mol. The Morgan fingerprint density at radius 3 is 2.71 bits per heavy atom. The highest BCUT2D eigenvalue weighted by Gasteiger charge is 2.19. The first kappa shape index (κ1) is 17.7. The van der Waals surface area contributed by atoms with Crippen LogP contribution in [-0.2, 0) is 9.59 Å². The summed E-state index contributed by atoms with van der Waals surface area (Å²) >= 11 is 11.8. The zero-order valence-electron chi connectivity index (χ0n) is 11.4. The first-order valence-corrected chi connectivity index (χ1v) is 7.28. The van der Waals surface area contributed by atoms with Crippen LogP contribution in [0, 0.1) is 0 Å². The third-order valence-corrected chi connectivity index (χ3v) is 3.66. The molecule has 116 valence electrons. The molecule has 0 heterocycles. The maximum Gasteiger partial charge on any atom is 0.230 e. The minimum absolute atomic E-state index is 0.206. The lowest BCUT2D eigenvalue weighted by atomic mass is 10.2. The predicted octanol–water partition coefficient (Wildman–Crippen LogP) is -1.36. The highest BCUT2D eigenvalue weighted by Crippen LogP contribution is 2.29. The molecule has 1 aromatic carbocycles. The number of carboxylic acids is 1. The van der Waals surface area contributed by atoms with Gasteiger partial charge in [0.15, 0.2) is 0 Å². The molecule has 0 aliphatic heterocycles. The topological polar surface area (TPSA) is 113 Å². The van der Waals surface area contributed by atoms with E-state index in [1.165, 1.54) is 0 Å². The van der Waals surface area contributed by atoms with E-state index in [1.807, 2.05) is 0 Å². The lowest BCUT2D eigenvalue weighted by Gasteiger charge is -2.16. The van der Waals surface area contributed by atoms with Crippen LogP contribution in [0.2, 0.25) is 10.0 Å². The second kappa shape index (κ2) is 8.84. The molecule has 1 amide bonds. The van der Waals surface area contributed by atoms with Crippen LogP contribution in [-0.4, -0.2) is 31.0 Å². The molecule has 0 fully saturated rings. The largest absolute Gasteiger partial charge is 0.544 e. The van der Waals surface area contributed by atoms with E-state index >= 15 is 0 Å². The minimum Gasteiger partial charge on any atom is -0.544 e. The van der Waals surface area contributed by atoms with Gasteiger partial charge in [0, 0.05) is 6.42 Å². The molecule has 0 aromatic heterocycles. The number of benzene rings is 1. The molecule has 0 aliphatic carbocycles. The number of aliphatic carboxylic acids is 1. The van der Waals surface area contributed by atoms with Gasteiger partial charge in [0.2, 0.25) is 5.91 Å². The summed E-state index contributed by atoms with van der Waals surface area (Å²) in [5, 5.41) is 15.7. The lowest BCUT2D eigenvalue weighted by molar-refractivity contribution is -0.684. The average molecular weight is 335 g/mol. The Bertz CT molecular complexity index is 511. The summed E-state index contributed by atoms with van der Waals surface area (Å²) < 4.78 is 0. The van der Waals surface area contributed by atoms with Gasteiger partial charge in [-0.2, -0.15) is 0 Å². The number of hydrogen-bond acceptors (Lipinski definition) is 3. The van der Waals surface area contributed by atoms with Crippen LogP contribution >= 0.6 is 23.2 Å². The number of rotatable bonds is 8. The fourth-order valence-electron chi connectivity index (χ4n) is 1.73. The molecule has 0 spiro atoms. The molecule has 6 nitrogen and oxygen atoms in total. The van der Waals surface area contributed by atoms with Crippen LogP contribution in [0.3, 0.4) is 0 Å². The molecule has 0 radical (unpaired) electrons. The van der Waals surface area contributed by atoms with E-state index in [9.17, 15) is 14.7 Å². The fraction of sp³-hybridized carbons (Fsp3) is 0.385. The van der Waals surface area contributed by atoms with Gasteiger partial charge < -0.3 is 26.3 Å². The van der Waals surface area contributed by atoms with Crippen molar-refractivity contribution in [3.8, 4) is 0 Å². The molecular formula is C13H18Cl2N3O3+. The van der Waals surface area contributed by atoms with Crippen molar-refractivity contribution in [3.05, 3.63) is 28.2 Å². The normalized spacial score (nSPS) is 12.0. The van der Waals surface area contributed by atoms with Gasteiger partial charge in [-0.1, -0.05) is 29.3 Å². The third-order valence-electron chi connectivity index (χ3n) is 2.84. The van der Waals surface area contributed by atoms with Gasteiger partial charge in [0.25, 0.3) is 0 Å². The average Bonchev–Trinajstić information content (AvgIpc) is 2.43. The Morgan fingerprint density at radius 1 is 1.38 bits per heavy atom. The van der Waals surface area contributed by atoms with Gasteiger partial charge in [-0.25, -0.2) is 0 Å². The molecule has 0 aliphatic rings. The quantitative estimate of drug-likeness (QED) is 0.510. The summed E-state index contributed by atoms with van der Waals surface area (Å²) in [6, 6.07) is 3.89. The van der Waals surface area contributed by atoms with E-state index in [0.29, 0.717) is 23.8 Å². The smallest absolute Gasteiger partial charge is 0.230 e. The summed E-state index contributed by atoms with van der Waals surface area (Å²) in [4.78, 5) is 22.9. The molecule has 6 N–H and O–H groups in total. The number of amides is 1. The molecule has 1 rings (SSSR count). The summed E-state index contributed by atoms with van der Waals surface area (Å²) in [5.74, 6) is -1.73. The SMILES string of the molecule is [NH3+]CCC[NH2+][C@@H](CC(=O)Nc1cccc(Cl)c1Cl)C(=O)[O-]. The van der Waals surface area contributed by atoms with Gasteiger partial charge in [0.1, 0.15) is 6.04 Å². The summed E-state index contributed by atoms with van der Waals surface area (Å²) in [6.07, 6.45) is 0.563. The minimum atomic E-state index is -1.27. The number of anilines is 1. The summed E-state index contributed by atoms with van der Waals surface area (Å²) in [6.45, 7) is 1.29. The van der Waals surface area contributed by atoms with Gasteiger partial charge in [-0.05, 0) is 12.1 Å². The Hall–Kier alpha value is -1.34. The molecular weight excluding hydrogens is 317 g/mol. The van der Waals surface area contributed by atoms with Crippen LogP contribution in [0.1, 0.15) is 12.8 Å². The molecule has 8 heteroatoms. The third kappa shape index (κ3) is 5.89. The van der Waals surface area contributed by atoms with E-state index in [4.69, 9.17) is 23.2 Å². The second-order valence-electron chi connectivity index (χ2n) is 4.51. The highest BCUT2D eigenvalue weighted by molar-refractivity contribution is 6.43. The fourth-order valence-corrected chi connectivity index (χ4v) is 2.08. The van der Waals surface area contributed by atoms with Crippen molar-refractivity contribution in [1.82, 2.24) is 0 Å².